The predicted octanol–water partition coefficient (Wildman–Crippen LogP) is 3.73. The molecule has 0 saturated carbocycles. The Morgan fingerprint density at radius 1 is 1.56 bits per heavy atom. The molecule has 1 aromatic carbocycles. The van der Waals surface area contributed by atoms with Crippen LogP contribution in [0.25, 0.3) is 10.9 Å². The Labute approximate surface area is 161 Å². The minimum atomic E-state index is -0.291. The fourth-order valence-electron chi connectivity index (χ4n) is 2.07. The van der Waals surface area contributed by atoms with E-state index >= 15 is 0 Å². The molecule has 8 heteroatoms. The lowest BCUT2D eigenvalue weighted by Gasteiger charge is -2.03. The first-order chi connectivity index (χ1) is 12.9. The zero-order chi connectivity index (χ0) is 19.8. The van der Waals surface area contributed by atoms with Crippen LogP contribution in [0.2, 0.25) is 0 Å². The van der Waals surface area contributed by atoms with Crippen molar-refractivity contribution in [2.24, 2.45) is 0 Å². The third kappa shape index (κ3) is 5.76. The van der Waals surface area contributed by atoms with Crippen molar-refractivity contribution in [1.82, 2.24) is 15.0 Å². The average Bonchev–Trinajstić information content (AvgIpc) is 3.03. The van der Waals surface area contributed by atoms with Crippen molar-refractivity contribution in [1.29, 1.82) is 0 Å². The number of H-pyrrole nitrogens is 1. The molecule has 27 heavy (non-hydrogen) atoms. The maximum Gasteiger partial charge on any atom is 0.299 e. The molecule has 7 nitrogen and oxygen atoms in total. The Hall–Kier alpha value is -3.50. The summed E-state index contributed by atoms with van der Waals surface area (Å²) in [6.45, 7) is 5.37. The van der Waals surface area contributed by atoms with Crippen LogP contribution < -0.4 is 16.6 Å². The first kappa shape index (κ1) is 19.8. The van der Waals surface area contributed by atoms with Crippen molar-refractivity contribution < 1.29 is 4.42 Å². The van der Waals surface area contributed by atoms with Gasteiger partial charge in [-0.1, -0.05) is 23.6 Å². The predicted molar refractivity (Wildman–Crippen MR) is 109 cm³/mol. The van der Waals surface area contributed by atoms with Gasteiger partial charge in [0.05, 0.1) is 17.1 Å². The lowest BCUT2D eigenvalue weighted by molar-refractivity contribution is 0.534. The van der Waals surface area contributed by atoms with Gasteiger partial charge in [0.2, 0.25) is 5.95 Å². The Balaban J connectivity index is 0.000000380. The van der Waals surface area contributed by atoms with E-state index in [0.29, 0.717) is 39.8 Å². The van der Waals surface area contributed by atoms with E-state index in [1.54, 1.807) is 37.4 Å². The molecule has 3 aromatic rings. The molecule has 0 amide bonds. The van der Waals surface area contributed by atoms with Crippen LogP contribution in [-0.2, 0) is 6.42 Å². The molecular weight excluding hydrogens is 366 g/mol. The summed E-state index contributed by atoms with van der Waals surface area (Å²) in [4.78, 5) is 22.5. The highest BCUT2D eigenvalue weighted by Crippen LogP contribution is 2.20. The Kier molecular flexibility index (Phi) is 6.80. The van der Waals surface area contributed by atoms with Gasteiger partial charge in [-0.3, -0.25) is 9.78 Å². The monoisotopic (exact) mass is 383 g/mol. The quantitative estimate of drug-likeness (QED) is 0.467. The molecular formula is C19H18ClN5O2. The van der Waals surface area contributed by atoms with Gasteiger partial charge in [-0.25, -0.2) is 9.97 Å². The number of anilines is 3. The van der Waals surface area contributed by atoms with Crippen LogP contribution in [0.15, 0.2) is 57.4 Å². The smallest absolute Gasteiger partial charge is 0.299 e. The van der Waals surface area contributed by atoms with E-state index < -0.39 is 0 Å². The van der Waals surface area contributed by atoms with E-state index in [-0.39, 0.29) is 11.5 Å². The number of aromatic nitrogens is 3. The van der Waals surface area contributed by atoms with Crippen LogP contribution in [-0.4, -0.2) is 15.0 Å². The van der Waals surface area contributed by atoms with Crippen LogP contribution in [0.3, 0.4) is 0 Å². The fourth-order valence-corrected chi connectivity index (χ4v) is 2.14. The Morgan fingerprint density at radius 2 is 2.33 bits per heavy atom. The molecule has 0 fully saturated rings. The van der Waals surface area contributed by atoms with Crippen LogP contribution in [0.5, 0.6) is 0 Å². The topological polar surface area (TPSA) is 110 Å². The number of nitrogens with two attached hydrogens (primary N) is 1. The second kappa shape index (κ2) is 9.27. The van der Waals surface area contributed by atoms with Crippen molar-refractivity contribution in [2.75, 3.05) is 11.1 Å². The number of oxazole rings is 1. The molecule has 0 atom stereocenters. The number of benzene rings is 1. The van der Waals surface area contributed by atoms with Crippen LogP contribution >= 0.6 is 11.6 Å². The van der Waals surface area contributed by atoms with Crippen LogP contribution in [0, 0.1) is 12.3 Å². The zero-order valence-corrected chi connectivity index (χ0v) is 15.4. The number of nitrogens with zero attached hydrogens (tertiary/aromatic N) is 2. The number of nitrogens with one attached hydrogen (secondary N) is 2. The molecule has 3 rings (SSSR count). The summed E-state index contributed by atoms with van der Waals surface area (Å²) >= 11 is 5.30. The minimum Gasteiger partial charge on any atom is -0.428 e. The lowest BCUT2D eigenvalue weighted by atomic mass is 10.2. The SMILES string of the molecule is C#C/C=C(\C)Cl.C=CCc1cnc(Nc2ccc3nc(N)[nH]c(=O)c3c2)o1. The van der Waals surface area contributed by atoms with E-state index in [9.17, 15) is 4.79 Å². The van der Waals surface area contributed by atoms with Gasteiger partial charge >= 0.3 is 0 Å². The molecule has 0 bridgehead atoms. The third-order valence-corrected chi connectivity index (χ3v) is 3.27. The fraction of sp³-hybridized carbons (Fsp3) is 0.105. The zero-order valence-electron chi connectivity index (χ0n) is 14.6. The summed E-state index contributed by atoms with van der Waals surface area (Å²) in [5, 5.41) is 4.08. The van der Waals surface area contributed by atoms with E-state index in [1.807, 2.05) is 0 Å². The van der Waals surface area contributed by atoms with Crippen LogP contribution in [0.4, 0.5) is 17.7 Å². The molecule has 0 aliphatic heterocycles. The van der Waals surface area contributed by atoms with Gasteiger partial charge in [-0.2, -0.15) is 0 Å². The molecule has 138 valence electrons. The number of hydrogen-bond acceptors (Lipinski definition) is 6. The van der Waals surface area contributed by atoms with Gasteiger partial charge in [0.25, 0.3) is 11.6 Å². The van der Waals surface area contributed by atoms with E-state index in [2.05, 4.69) is 32.8 Å². The number of hydrogen-bond donors (Lipinski definition) is 3. The average molecular weight is 384 g/mol. The summed E-state index contributed by atoms with van der Waals surface area (Å²) in [6, 6.07) is 5.49. The first-order valence-electron chi connectivity index (χ1n) is 7.83. The summed E-state index contributed by atoms with van der Waals surface area (Å²) in [6.07, 6.45) is 10.3. The Bertz CT molecular complexity index is 1070. The number of fused-ring (bicyclic) bond motifs is 1. The standard InChI is InChI=1S/C14H13N5O2.C5H5Cl/c1-2-3-9-7-16-14(21-9)17-8-4-5-11-10(6-8)12(20)19-13(15)18-11;1-3-4-5(2)6/h2,4-7H,1,3H2,(H,16,17)(H3,15,18,19,20);1,4H,2H3/b;5-4+. The molecule has 0 radical (unpaired) electrons. The molecule has 2 aromatic heterocycles. The molecule has 0 unspecified atom stereocenters. The number of halogens is 1. The first-order valence-corrected chi connectivity index (χ1v) is 8.21. The van der Waals surface area contributed by atoms with E-state index in [4.69, 9.17) is 28.2 Å². The van der Waals surface area contributed by atoms with E-state index in [1.165, 1.54) is 6.08 Å². The van der Waals surface area contributed by atoms with Gasteiger partial charge in [0.15, 0.2) is 0 Å². The molecule has 0 aliphatic carbocycles. The number of rotatable bonds is 4. The second-order valence-electron chi connectivity index (χ2n) is 5.33. The second-order valence-corrected chi connectivity index (χ2v) is 5.93. The number of terminal acetylenes is 1. The molecule has 0 spiro atoms. The molecule has 0 aliphatic rings. The van der Waals surface area contributed by atoms with Gasteiger partial charge in [0.1, 0.15) is 5.76 Å². The highest BCUT2D eigenvalue weighted by atomic mass is 35.5. The third-order valence-electron chi connectivity index (χ3n) is 3.16. The number of aromatic amines is 1. The lowest BCUT2D eigenvalue weighted by Crippen LogP contribution is -2.11. The van der Waals surface area contributed by atoms with Crippen molar-refractivity contribution in [3.63, 3.8) is 0 Å². The van der Waals surface area contributed by atoms with Gasteiger partial charge in [-0.15, -0.1) is 13.0 Å². The summed E-state index contributed by atoms with van der Waals surface area (Å²) in [7, 11) is 0. The summed E-state index contributed by atoms with van der Waals surface area (Å²) < 4.78 is 5.47. The van der Waals surface area contributed by atoms with Crippen molar-refractivity contribution >= 4 is 40.2 Å². The molecule has 0 saturated heterocycles. The minimum absolute atomic E-state index is 0.0926. The van der Waals surface area contributed by atoms with Crippen molar-refractivity contribution in [3.8, 4) is 12.3 Å². The highest BCUT2D eigenvalue weighted by molar-refractivity contribution is 6.29. The van der Waals surface area contributed by atoms with Gasteiger partial charge < -0.3 is 15.5 Å². The maximum atomic E-state index is 11.8. The normalized spacial score (nSPS) is 10.6. The van der Waals surface area contributed by atoms with Crippen molar-refractivity contribution in [2.45, 2.75) is 13.3 Å². The largest absolute Gasteiger partial charge is 0.428 e. The summed E-state index contributed by atoms with van der Waals surface area (Å²) in [5.41, 5.74) is 6.41. The van der Waals surface area contributed by atoms with Gasteiger partial charge in [-0.05, 0) is 25.1 Å². The molecule has 2 heterocycles. The van der Waals surface area contributed by atoms with Crippen LogP contribution in [0.1, 0.15) is 12.7 Å². The van der Waals surface area contributed by atoms with Crippen molar-refractivity contribution in [3.05, 3.63) is 64.3 Å². The summed E-state index contributed by atoms with van der Waals surface area (Å²) in [5.74, 6) is 3.07. The molecule has 4 N–H and O–H groups in total. The highest BCUT2D eigenvalue weighted by Gasteiger charge is 2.06. The van der Waals surface area contributed by atoms with E-state index in [0.717, 1.165) is 0 Å². The number of nitrogen functional groups attached to an aromatic ring is 1. The maximum absolute atomic E-state index is 11.8. The Morgan fingerprint density at radius 3 is 2.96 bits per heavy atom. The van der Waals surface area contributed by atoms with Gasteiger partial charge in [0, 0.05) is 23.2 Å². The number of allylic oxidation sites excluding steroid dienone is 3.